The van der Waals surface area contributed by atoms with Gasteiger partial charge in [0.15, 0.2) is 0 Å². The summed E-state index contributed by atoms with van der Waals surface area (Å²) in [6.45, 7) is 4.37. The van der Waals surface area contributed by atoms with Gasteiger partial charge in [-0.15, -0.1) is 0 Å². The van der Waals surface area contributed by atoms with E-state index in [1.807, 2.05) is 0 Å². The predicted molar refractivity (Wildman–Crippen MR) is 68.6 cm³/mol. The Morgan fingerprint density at radius 1 is 1.26 bits per heavy atom. The normalized spacial score (nSPS) is 38.5. The van der Waals surface area contributed by atoms with Crippen molar-refractivity contribution in [2.45, 2.75) is 51.3 Å². The first kappa shape index (κ1) is 14.1. The number of carbonyl (C=O) groups is 2. The number of carbonyl (C=O) groups excluding carboxylic acids is 1. The number of carboxylic acid groups (broad SMARTS) is 1. The van der Waals surface area contributed by atoms with Crippen LogP contribution in [0.25, 0.3) is 0 Å². The van der Waals surface area contributed by atoms with E-state index >= 15 is 0 Å². The van der Waals surface area contributed by atoms with E-state index in [1.165, 1.54) is 4.90 Å². The number of hydrogen-bond acceptors (Lipinski definition) is 3. The zero-order valence-electron chi connectivity index (χ0n) is 11.4. The predicted octanol–water partition coefficient (Wildman–Crippen LogP) is 0.650. The van der Waals surface area contributed by atoms with Crippen molar-refractivity contribution >= 4 is 12.0 Å². The standard InChI is InChI=1S/C13H22N2O4/c1-7-3-4-10(8(7)2)14-13(19)15-6-9(16)5-11(15)12(17)18/h7-11,16H,3-6H2,1-2H3,(H,14,19)(H,17,18). The number of β-amino-alcohol motifs (C(OH)–C–C–N with tert-alkyl or cyclic N) is 1. The molecule has 1 heterocycles. The first-order valence-corrected chi connectivity index (χ1v) is 6.88. The van der Waals surface area contributed by atoms with E-state index in [0.717, 1.165) is 12.8 Å². The Morgan fingerprint density at radius 2 is 1.95 bits per heavy atom. The fraction of sp³-hybridized carbons (Fsp3) is 0.846. The molecule has 0 bridgehead atoms. The molecule has 2 amide bonds. The number of nitrogens with zero attached hydrogens (tertiary/aromatic N) is 1. The van der Waals surface area contributed by atoms with Crippen molar-refractivity contribution in [3.05, 3.63) is 0 Å². The summed E-state index contributed by atoms with van der Waals surface area (Å²) in [5.41, 5.74) is 0. The van der Waals surface area contributed by atoms with Crippen LogP contribution in [0.15, 0.2) is 0 Å². The summed E-state index contributed by atoms with van der Waals surface area (Å²) in [5.74, 6) is -0.0796. The minimum Gasteiger partial charge on any atom is -0.480 e. The SMILES string of the molecule is CC1CCC(NC(=O)N2CC(O)CC2C(=O)O)C1C. The fourth-order valence-electron chi connectivity index (χ4n) is 3.08. The van der Waals surface area contributed by atoms with Crippen LogP contribution in [0.4, 0.5) is 4.79 Å². The topological polar surface area (TPSA) is 89.9 Å². The molecule has 6 nitrogen and oxygen atoms in total. The maximum atomic E-state index is 12.2. The van der Waals surface area contributed by atoms with Crippen molar-refractivity contribution in [1.29, 1.82) is 0 Å². The number of carboxylic acids is 1. The third kappa shape index (κ3) is 2.83. The smallest absolute Gasteiger partial charge is 0.326 e. The second-order valence-corrected chi connectivity index (χ2v) is 5.87. The van der Waals surface area contributed by atoms with E-state index < -0.39 is 18.1 Å². The Kier molecular flexibility index (Phi) is 3.99. The number of aliphatic hydroxyl groups excluding tert-OH is 1. The molecule has 2 fully saturated rings. The highest BCUT2D eigenvalue weighted by molar-refractivity contribution is 5.83. The Morgan fingerprint density at radius 3 is 2.47 bits per heavy atom. The lowest BCUT2D eigenvalue weighted by atomic mass is 9.98. The first-order valence-electron chi connectivity index (χ1n) is 6.88. The molecule has 19 heavy (non-hydrogen) atoms. The molecule has 5 atom stereocenters. The highest BCUT2D eigenvalue weighted by Crippen LogP contribution is 2.31. The van der Waals surface area contributed by atoms with Crippen molar-refractivity contribution in [1.82, 2.24) is 10.2 Å². The van der Waals surface area contributed by atoms with Crippen LogP contribution in [0, 0.1) is 11.8 Å². The average Bonchev–Trinajstić information content (AvgIpc) is 2.87. The van der Waals surface area contributed by atoms with Crippen molar-refractivity contribution in [2.24, 2.45) is 11.8 Å². The second-order valence-electron chi connectivity index (χ2n) is 5.87. The van der Waals surface area contributed by atoms with E-state index in [9.17, 15) is 14.7 Å². The molecule has 0 aromatic carbocycles. The van der Waals surface area contributed by atoms with Crippen LogP contribution in [0.2, 0.25) is 0 Å². The molecule has 1 saturated carbocycles. The molecule has 0 aromatic rings. The molecular formula is C13H22N2O4. The molecule has 2 aliphatic rings. The van der Waals surface area contributed by atoms with Gasteiger partial charge in [-0.25, -0.2) is 9.59 Å². The van der Waals surface area contributed by atoms with Gasteiger partial charge in [-0.05, 0) is 24.7 Å². The van der Waals surface area contributed by atoms with Crippen LogP contribution >= 0.6 is 0 Å². The molecule has 0 spiro atoms. The summed E-state index contributed by atoms with van der Waals surface area (Å²) in [4.78, 5) is 24.5. The molecule has 0 aromatic heterocycles. The molecule has 1 saturated heterocycles. The molecule has 1 aliphatic carbocycles. The summed E-state index contributed by atoms with van der Waals surface area (Å²) in [6.07, 6.45) is 1.38. The Labute approximate surface area is 112 Å². The number of rotatable bonds is 2. The number of urea groups is 1. The Bertz CT molecular complexity index is 374. The van der Waals surface area contributed by atoms with Gasteiger partial charge in [-0.2, -0.15) is 0 Å². The molecule has 5 unspecified atom stereocenters. The van der Waals surface area contributed by atoms with Gasteiger partial charge < -0.3 is 20.4 Å². The lowest BCUT2D eigenvalue weighted by Crippen LogP contribution is -2.50. The first-order chi connectivity index (χ1) is 8.90. The number of hydrogen-bond donors (Lipinski definition) is 3. The molecule has 108 valence electrons. The second kappa shape index (κ2) is 5.36. The molecule has 3 N–H and O–H groups in total. The van der Waals surface area contributed by atoms with Gasteiger partial charge in [0.2, 0.25) is 0 Å². The van der Waals surface area contributed by atoms with Gasteiger partial charge in [0.05, 0.1) is 6.10 Å². The number of likely N-dealkylation sites (tertiary alicyclic amines) is 1. The van der Waals surface area contributed by atoms with Gasteiger partial charge in [-0.3, -0.25) is 0 Å². The summed E-state index contributed by atoms with van der Waals surface area (Å²) in [5, 5.41) is 21.5. The monoisotopic (exact) mass is 270 g/mol. The third-order valence-corrected chi connectivity index (χ3v) is 4.60. The van der Waals surface area contributed by atoms with E-state index in [-0.39, 0.29) is 25.0 Å². The van der Waals surface area contributed by atoms with E-state index in [4.69, 9.17) is 5.11 Å². The van der Waals surface area contributed by atoms with Gasteiger partial charge in [0, 0.05) is 19.0 Å². The summed E-state index contributed by atoms with van der Waals surface area (Å²) in [6, 6.07) is -1.17. The number of nitrogens with one attached hydrogen (secondary N) is 1. The minimum atomic E-state index is -1.06. The Balaban J connectivity index is 1.97. The average molecular weight is 270 g/mol. The number of aliphatic hydroxyl groups is 1. The van der Waals surface area contributed by atoms with Crippen LogP contribution in [-0.4, -0.2) is 51.8 Å². The van der Waals surface area contributed by atoms with Gasteiger partial charge in [-0.1, -0.05) is 13.8 Å². The lowest BCUT2D eigenvalue weighted by Gasteiger charge is -2.26. The van der Waals surface area contributed by atoms with Gasteiger partial charge in [0.1, 0.15) is 6.04 Å². The van der Waals surface area contributed by atoms with E-state index in [0.29, 0.717) is 11.8 Å². The van der Waals surface area contributed by atoms with E-state index in [2.05, 4.69) is 19.2 Å². The largest absolute Gasteiger partial charge is 0.480 e. The molecule has 2 rings (SSSR count). The highest BCUT2D eigenvalue weighted by atomic mass is 16.4. The van der Waals surface area contributed by atoms with Crippen molar-refractivity contribution < 1.29 is 19.8 Å². The van der Waals surface area contributed by atoms with Crippen LogP contribution in [0.5, 0.6) is 0 Å². The molecular weight excluding hydrogens is 248 g/mol. The highest BCUT2D eigenvalue weighted by Gasteiger charge is 2.40. The number of amides is 2. The van der Waals surface area contributed by atoms with Crippen molar-refractivity contribution in [3.63, 3.8) is 0 Å². The molecule has 1 aliphatic heterocycles. The summed E-state index contributed by atoms with van der Waals surface area (Å²) >= 11 is 0. The van der Waals surface area contributed by atoms with Gasteiger partial charge in [0.25, 0.3) is 0 Å². The summed E-state index contributed by atoms with van der Waals surface area (Å²) in [7, 11) is 0. The molecule has 6 heteroatoms. The fourth-order valence-corrected chi connectivity index (χ4v) is 3.08. The number of aliphatic carboxylic acids is 1. The lowest BCUT2D eigenvalue weighted by molar-refractivity contribution is -0.141. The summed E-state index contributed by atoms with van der Waals surface area (Å²) < 4.78 is 0. The molecule has 0 radical (unpaired) electrons. The van der Waals surface area contributed by atoms with Crippen LogP contribution in [0.3, 0.4) is 0 Å². The van der Waals surface area contributed by atoms with Crippen LogP contribution in [0.1, 0.15) is 33.1 Å². The van der Waals surface area contributed by atoms with Gasteiger partial charge >= 0.3 is 12.0 Å². The quantitative estimate of drug-likeness (QED) is 0.687. The van der Waals surface area contributed by atoms with Crippen molar-refractivity contribution in [2.75, 3.05) is 6.54 Å². The van der Waals surface area contributed by atoms with Crippen LogP contribution in [-0.2, 0) is 4.79 Å². The van der Waals surface area contributed by atoms with Crippen molar-refractivity contribution in [3.8, 4) is 0 Å². The van der Waals surface area contributed by atoms with Crippen LogP contribution < -0.4 is 5.32 Å². The third-order valence-electron chi connectivity index (χ3n) is 4.60. The van der Waals surface area contributed by atoms with E-state index in [1.54, 1.807) is 0 Å². The maximum absolute atomic E-state index is 12.2. The Hall–Kier alpha value is -1.30. The zero-order valence-corrected chi connectivity index (χ0v) is 11.4. The maximum Gasteiger partial charge on any atom is 0.326 e. The zero-order chi connectivity index (χ0) is 14.2. The minimum absolute atomic E-state index is 0.0967.